The highest BCUT2D eigenvalue weighted by Gasteiger charge is 1.96. The summed E-state index contributed by atoms with van der Waals surface area (Å²) in [5, 5.41) is 0. The van der Waals surface area contributed by atoms with Gasteiger partial charge >= 0.3 is 0 Å². The third kappa shape index (κ3) is 2.19. The quantitative estimate of drug-likeness (QED) is 0.729. The second-order valence-corrected chi connectivity index (χ2v) is 4.18. The number of thiazole rings is 1. The van der Waals surface area contributed by atoms with Crippen molar-refractivity contribution in [3.05, 3.63) is 15.0 Å². The highest BCUT2D eigenvalue weighted by molar-refractivity contribution is 9.11. The molecular weight excluding hydrogens is 214 g/mol. The maximum atomic E-state index is 9.96. The number of aryl methyl sites for hydroxylation is 1. The zero-order chi connectivity index (χ0) is 7.40. The Morgan fingerprint density at radius 2 is 2.60 bits per heavy atom. The van der Waals surface area contributed by atoms with Crippen LogP contribution in [0.25, 0.3) is 0 Å². The topological polar surface area (TPSA) is 30.0 Å². The number of hydrogen-bond acceptors (Lipinski definition) is 3. The van der Waals surface area contributed by atoms with Crippen molar-refractivity contribution < 1.29 is 4.79 Å². The standard InChI is InChI=1S/C6H6BrNOS/c7-6-8-4-5(10-6)2-1-3-9/h3-4H,1-2H2. The summed E-state index contributed by atoms with van der Waals surface area (Å²) in [6.45, 7) is 0. The van der Waals surface area contributed by atoms with Gasteiger partial charge in [-0.2, -0.15) is 0 Å². The van der Waals surface area contributed by atoms with E-state index in [9.17, 15) is 4.79 Å². The molecule has 2 nitrogen and oxygen atoms in total. The van der Waals surface area contributed by atoms with Crippen LogP contribution >= 0.6 is 27.3 Å². The minimum atomic E-state index is 0.592. The van der Waals surface area contributed by atoms with Gasteiger partial charge in [-0.05, 0) is 22.4 Å². The molecule has 10 heavy (non-hydrogen) atoms. The maximum Gasteiger partial charge on any atom is 0.159 e. The lowest BCUT2D eigenvalue weighted by molar-refractivity contribution is -0.107. The van der Waals surface area contributed by atoms with Gasteiger partial charge in [0.1, 0.15) is 6.29 Å². The second kappa shape index (κ2) is 3.83. The number of aldehydes is 1. The molecule has 1 aromatic heterocycles. The van der Waals surface area contributed by atoms with E-state index in [1.165, 1.54) is 0 Å². The van der Waals surface area contributed by atoms with Crippen LogP contribution in [0.1, 0.15) is 11.3 Å². The van der Waals surface area contributed by atoms with Gasteiger partial charge < -0.3 is 4.79 Å². The minimum Gasteiger partial charge on any atom is -0.303 e. The van der Waals surface area contributed by atoms with E-state index in [1.807, 2.05) is 0 Å². The zero-order valence-electron chi connectivity index (χ0n) is 5.21. The SMILES string of the molecule is O=CCCc1cnc(Br)s1. The highest BCUT2D eigenvalue weighted by atomic mass is 79.9. The van der Waals surface area contributed by atoms with Gasteiger partial charge in [0.05, 0.1) is 0 Å². The third-order valence-electron chi connectivity index (χ3n) is 1.03. The molecule has 0 fully saturated rings. The highest BCUT2D eigenvalue weighted by Crippen LogP contribution is 2.18. The Balaban J connectivity index is 2.49. The molecule has 1 rings (SSSR count). The van der Waals surface area contributed by atoms with Crippen LogP contribution in [0.15, 0.2) is 10.1 Å². The van der Waals surface area contributed by atoms with E-state index in [-0.39, 0.29) is 0 Å². The van der Waals surface area contributed by atoms with Crippen LogP contribution in [0.2, 0.25) is 0 Å². The molecule has 0 aromatic carbocycles. The Morgan fingerprint density at radius 1 is 1.80 bits per heavy atom. The fourth-order valence-corrected chi connectivity index (χ4v) is 1.97. The van der Waals surface area contributed by atoms with Crippen LogP contribution in [0.3, 0.4) is 0 Å². The molecule has 0 aliphatic heterocycles. The molecule has 0 spiro atoms. The molecule has 54 valence electrons. The normalized spacial score (nSPS) is 9.70. The molecule has 0 N–H and O–H groups in total. The molecule has 0 saturated carbocycles. The summed E-state index contributed by atoms with van der Waals surface area (Å²) in [7, 11) is 0. The fraction of sp³-hybridized carbons (Fsp3) is 0.333. The summed E-state index contributed by atoms with van der Waals surface area (Å²) in [4.78, 5) is 15.1. The van der Waals surface area contributed by atoms with E-state index in [4.69, 9.17) is 0 Å². The molecule has 1 heterocycles. The lowest BCUT2D eigenvalue weighted by Crippen LogP contribution is -1.79. The van der Waals surface area contributed by atoms with Crippen LogP contribution in [0, 0.1) is 0 Å². The van der Waals surface area contributed by atoms with Gasteiger partial charge in [0.2, 0.25) is 0 Å². The van der Waals surface area contributed by atoms with Crippen LogP contribution < -0.4 is 0 Å². The van der Waals surface area contributed by atoms with Crippen molar-refractivity contribution in [1.82, 2.24) is 4.98 Å². The molecular formula is C6H6BrNOS. The summed E-state index contributed by atoms with van der Waals surface area (Å²) in [6, 6.07) is 0. The lowest BCUT2D eigenvalue weighted by Gasteiger charge is -1.84. The van der Waals surface area contributed by atoms with Crippen molar-refractivity contribution in [3.8, 4) is 0 Å². The monoisotopic (exact) mass is 219 g/mol. The Morgan fingerprint density at radius 3 is 3.10 bits per heavy atom. The number of carbonyl (C=O) groups is 1. The van der Waals surface area contributed by atoms with Crippen molar-refractivity contribution in [3.63, 3.8) is 0 Å². The van der Waals surface area contributed by atoms with Crippen molar-refractivity contribution >= 4 is 33.6 Å². The summed E-state index contributed by atoms with van der Waals surface area (Å²) >= 11 is 4.82. The van der Waals surface area contributed by atoms with E-state index < -0.39 is 0 Å². The first kappa shape index (κ1) is 7.88. The summed E-state index contributed by atoms with van der Waals surface area (Å²) in [5.41, 5.74) is 0. The number of carbonyl (C=O) groups excluding carboxylic acids is 1. The molecule has 0 bridgehead atoms. The summed E-state index contributed by atoms with van der Waals surface area (Å²) in [5.74, 6) is 0. The Kier molecular flexibility index (Phi) is 3.02. The van der Waals surface area contributed by atoms with Crippen molar-refractivity contribution in [2.75, 3.05) is 0 Å². The average Bonchev–Trinajstić information content (AvgIpc) is 2.31. The van der Waals surface area contributed by atoms with E-state index in [2.05, 4.69) is 20.9 Å². The van der Waals surface area contributed by atoms with Gasteiger partial charge in [0, 0.05) is 17.5 Å². The number of hydrogen-bond donors (Lipinski definition) is 0. The molecule has 0 atom stereocenters. The van der Waals surface area contributed by atoms with E-state index in [0.29, 0.717) is 6.42 Å². The predicted octanol–water partition coefficient (Wildman–Crippen LogP) is 2.04. The first-order valence-corrected chi connectivity index (χ1v) is 4.47. The van der Waals surface area contributed by atoms with Gasteiger partial charge in [0.25, 0.3) is 0 Å². The molecule has 0 unspecified atom stereocenters. The Hall–Kier alpha value is -0.220. The zero-order valence-corrected chi connectivity index (χ0v) is 7.61. The Labute approximate surface area is 71.4 Å². The average molecular weight is 220 g/mol. The molecule has 0 radical (unpaired) electrons. The smallest absolute Gasteiger partial charge is 0.159 e. The molecule has 1 aromatic rings. The van der Waals surface area contributed by atoms with Gasteiger partial charge in [-0.15, -0.1) is 11.3 Å². The molecule has 4 heteroatoms. The number of aromatic nitrogens is 1. The molecule has 0 saturated heterocycles. The third-order valence-corrected chi connectivity index (χ3v) is 2.57. The van der Waals surface area contributed by atoms with Crippen molar-refractivity contribution in [2.24, 2.45) is 0 Å². The Bertz CT molecular complexity index is 223. The number of halogens is 1. The summed E-state index contributed by atoms with van der Waals surface area (Å²) in [6.07, 6.45) is 4.12. The minimum absolute atomic E-state index is 0.592. The van der Waals surface area contributed by atoms with Crippen LogP contribution in [0.5, 0.6) is 0 Å². The molecule has 0 aliphatic rings. The fourth-order valence-electron chi connectivity index (χ4n) is 0.600. The van der Waals surface area contributed by atoms with E-state index >= 15 is 0 Å². The van der Waals surface area contributed by atoms with Crippen molar-refractivity contribution in [2.45, 2.75) is 12.8 Å². The molecule has 0 aliphatic carbocycles. The van der Waals surface area contributed by atoms with Crippen molar-refractivity contribution in [1.29, 1.82) is 0 Å². The van der Waals surface area contributed by atoms with Crippen LogP contribution in [-0.4, -0.2) is 11.3 Å². The maximum absolute atomic E-state index is 9.96. The van der Waals surface area contributed by atoms with Gasteiger partial charge in [-0.25, -0.2) is 4.98 Å². The first-order chi connectivity index (χ1) is 4.83. The number of nitrogens with zero attached hydrogens (tertiary/aromatic N) is 1. The van der Waals surface area contributed by atoms with E-state index in [1.54, 1.807) is 17.5 Å². The lowest BCUT2D eigenvalue weighted by atomic mass is 10.3. The van der Waals surface area contributed by atoms with Gasteiger partial charge in [-0.1, -0.05) is 0 Å². The van der Waals surface area contributed by atoms with Gasteiger partial charge in [-0.3, -0.25) is 0 Å². The first-order valence-electron chi connectivity index (χ1n) is 2.87. The molecule has 0 amide bonds. The second-order valence-electron chi connectivity index (χ2n) is 1.78. The predicted molar refractivity (Wildman–Crippen MR) is 44.2 cm³/mol. The summed E-state index contributed by atoms with van der Waals surface area (Å²) < 4.78 is 0.883. The largest absolute Gasteiger partial charge is 0.303 e. The number of rotatable bonds is 3. The van der Waals surface area contributed by atoms with Crippen LogP contribution in [0.4, 0.5) is 0 Å². The van der Waals surface area contributed by atoms with Gasteiger partial charge in [0.15, 0.2) is 3.92 Å². The van der Waals surface area contributed by atoms with Crippen LogP contribution in [-0.2, 0) is 11.2 Å². The van der Waals surface area contributed by atoms with E-state index in [0.717, 1.165) is 21.5 Å².